The Labute approximate surface area is 130 Å². The summed E-state index contributed by atoms with van der Waals surface area (Å²) in [4.78, 5) is 35.5. The van der Waals surface area contributed by atoms with Crippen LogP contribution in [-0.2, 0) is 14.3 Å². The number of amides is 1. The maximum absolute atomic E-state index is 12.0. The topological polar surface area (TPSA) is 99.0 Å². The number of ether oxygens (including phenoxy) is 2. The van der Waals surface area contributed by atoms with Gasteiger partial charge in [0.1, 0.15) is 4.88 Å². The molecule has 1 fully saturated rings. The predicted molar refractivity (Wildman–Crippen MR) is 77.8 cm³/mol. The van der Waals surface area contributed by atoms with Crippen molar-refractivity contribution in [3.63, 3.8) is 0 Å². The zero-order valence-electron chi connectivity index (χ0n) is 12.2. The van der Waals surface area contributed by atoms with Crippen molar-refractivity contribution in [2.24, 2.45) is 0 Å². The Morgan fingerprint density at radius 3 is 2.59 bits per heavy atom. The second-order valence-electron chi connectivity index (χ2n) is 5.03. The normalized spacial score (nSPS) is 21.5. The van der Waals surface area contributed by atoms with Crippen molar-refractivity contribution < 1.29 is 24.0 Å². The van der Waals surface area contributed by atoms with Crippen LogP contribution in [0, 0.1) is 10.1 Å². The molecule has 1 aromatic rings. The van der Waals surface area contributed by atoms with Crippen LogP contribution in [0.3, 0.4) is 0 Å². The SMILES string of the molecule is C[C@@H]1CN(C(=O)COC(=O)c2ccc([N+](=O)[O-])s2)C[C@@H](C)O1. The Bertz CT molecular complexity index is 577. The Balaban J connectivity index is 1.87. The highest BCUT2D eigenvalue weighted by Gasteiger charge is 2.26. The highest BCUT2D eigenvalue weighted by atomic mass is 32.1. The van der Waals surface area contributed by atoms with Crippen LogP contribution in [0.5, 0.6) is 0 Å². The molecular weight excluding hydrogens is 312 g/mol. The Morgan fingerprint density at radius 1 is 1.41 bits per heavy atom. The first-order valence-electron chi connectivity index (χ1n) is 6.71. The second kappa shape index (κ2) is 6.84. The summed E-state index contributed by atoms with van der Waals surface area (Å²) in [5, 5.41) is 10.4. The molecule has 0 radical (unpaired) electrons. The van der Waals surface area contributed by atoms with Crippen molar-refractivity contribution in [1.82, 2.24) is 4.90 Å². The van der Waals surface area contributed by atoms with Gasteiger partial charge in [0.05, 0.1) is 17.1 Å². The van der Waals surface area contributed by atoms with Gasteiger partial charge in [-0.1, -0.05) is 11.3 Å². The minimum atomic E-state index is -0.735. The third kappa shape index (κ3) is 4.01. The zero-order valence-corrected chi connectivity index (χ0v) is 13.0. The summed E-state index contributed by atoms with van der Waals surface area (Å²) >= 11 is 0.719. The molecule has 0 aliphatic carbocycles. The van der Waals surface area contributed by atoms with E-state index in [0.717, 1.165) is 11.3 Å². The van der Waals surface area contributed by atoms with Crippen LogP contribution < -0.4 is 0 Å². The van der Waals surface area contributed by atoms with Crippen LogP contribution in [0.25, 0.3) is 0 Å². The molecule has 2 atom stereocenters. The van der Waals surface area contributed by atoms with Gasteiger partial charge in [0.2, 0.25) is 0 Å². The highest BCUT2D eigenvalue weighted by Crippen LogP contribution is 2.24. The second-order valence-corrected chi connectivity index (χ2v) is 6.09. The lowest BCUT2D eigenvalue weighted by molar-refractivity contribution is -0.380. The number of nitro groups is 1. The molecule has 1 aliphatic rings. The number of carbonyl (C=O) groups is 2. The monoisotopic (exact) mass is 328 g/mol. The third-order valence-corrected chi connectivity index (χ3v) is 4.09. The summed E-state index contributed by atoms with van der Waals surface area (Å²) < 4.78 is 10.4. The minimum Gasteiger partial charge on any atom is -0.451 e. The zero-order chi connectivity index (χ0) is 16.3. The van der Waals surface area contributed by atoms with Crippen LogP contribution in [0.15, 0.2) is 12.1 Å². The van der Waals surface area contributed by atoms with Gasteiger partial charge in [-0.3, -0.25) is 14.9 Å². The first-order chi connectivity index (χ1) is 10.4. The number of carbonyl (C=O) groups excluding carboxylic acids is 2. The molecule has 0 bridgehead atoms. The Kier molecular flexibility index (Phi) is 5.09. The summed E-state index contributed by atoms with van der Waals surface area (Å²) in [6.45, 7) is 4.25. The Hall–Kier alpha value is -2.00. The smallest absolute Gasteiger partial charge is 0.349 e. The number of hydrogen-bond acceptors (Lipinski definition) is 7. The average Bonchev–Trinajstić information content (AvgIpc) is 2.93. The average molecular weight is 328 g/mol. The van der Waals surface area contributed by atoms with Crippen molar-refractivity contribution in [2.75, 3.05) is 19.7 Å². The molecule has 22 heavy (non-hydrogen) atoms. The molecule has 1 amide bonds. The van der Waals surface area contributed by atoms with Crippen LogP contribution in [0.1, 0.15) is 23.5 Å². The molecule has 1 saturated heterocycles. The summed E-state index contributed by atoms with van der Waals surface area (Å²) in [6.07, 6.45) is -0.133. The van der Waals surface area contributed by atoms with E-state index in [1.54, 1.807) is 4.90 Å². The van der Waals surface area contributed by atoms with Gasteiger partial charge in [-0.15, -0.1) is 0 Å². The van der Waals surface area contributed by atoms with E-state index in [0.29, 0.717) is 13.1 Å². The lowest BCUT2D eigenvalue weighted by Crippen LogP contribution is -2.49. The molecule has 8 nitrogen and oxygen atoms in total. The molecule has 120 valence electrons. The van der Waals surface area contributed by atoms with E-state index in [-0.39, 0.29) is 34.6 Å². The van der Waals surface area contributed by atoms with Crippen LogP contribution in [0.4, 0.5) is 5.00 Å². The lowest BCUT2D eigenvalue weighted by Gasteiger charge is -2.35. The third-order valence-electron chi connectivity index (χ3n) is 3.07. The van der Waals surface area contributed by atoms with Gasteiger partial charge in [0.25, 0.3) is 5.91 Å². The lowest BCUT2D eigenvalue weighted by atomic mass is 10.2. The fraction of sp³-hybridized carbons (Fsp3) is 0.538. The van der Waals surface area contributed by atoms with E-state index in [2.05, 4.69) is 0 Å². The van der Waals surface area contributed by atoms with Crippen LogP contribution in [-0.4, -0.2) is 53.6 Å². The minimum absolute atomic E-state index is 0.0663. The van der Waals surface area contributed by atoms with Gasteiger partial charge in [-0.2, -0.15) is 0 Å². The molecule has 0 unspecified atom stereocenters. The predicted octanol–water partition coefficient (Wildman–Crippen LogP) is 1.45. The molecule has 0 N–H and O–H groups in total. The van der Waals surface area contributed by atoms with Gasteiger partial charge in [-0.05, 0) is 19.9 Å². The van der Waals surface area contributed by atoms with E-state index >= 15 is 0 Å². The first kappa shape index (κ1) is 16.4. The summed E-state index contributed by atoms with van der Waals surface area (Å²) in [6, 6.07) is 2.54. The molecule has 2 heterocycles. The van der Waals surface area contributed by atoms with Crippen molar-refractivity contribution in [3.8, 4) is 0 Å². The van der Waals surface area contributed by atoms with Crippen molar-refractivity contribution >= 4 is 28.2 Å². The molecule has 1 aromatic heterocycles. The van der Waals surface area contributed by atoms with E-state index in [1.807, 2.05) is 13.8 Å². The quantitative estimate of drug-likeness (QED) is 0.471. The van der Waals surface area contributed by atoms with Crippen LogP contribution >= 0.6 is 11.3 Å². The van der Waals surface area contributed by atoms with Gasteiger partial charge < -0.3 is 14.4 Å². The van der Waals surface area contributed by atoms with Crippen molar-refractivity contribution in [1.29, 1.82) is 0 Å². The van der Waals surface area contributed by atoms with E-state index in [4.69, 9.17) is 9.47 Å². The fourth-order valence-electron chi connectivity index (χ4n) is 2.21. The van der Waals surface area contributed by atoms with Gasteiger partial charge in [0.15, 0.2) is 6.61 Å². The molecule has 9 heteroatoms. The number of hydrogen-bond donors (Lipinski definition) is 0. The van der Waals surface area contributed by atoms with E-state index in [1.165, 1.54) is 12.1 Å². The van der Waals surface area contributed by atoms with Gasteiger partial charge in [0, 0.05) is 19.2 Å². The molecule has 2 rings (SSSR count). The maximum Gasteiger partial charge on any atom is 0.349 e. The fourth-order valence-corrected chi connectivity index (χ4v) is 2.92. The maximum atomic E-state index is 12.0. The molecule has 0 saturated carbocycles. The number of nitrogens with zero attached hydrogens (tertiary/aromatic N) is 2. The number of morpholine rings is 1. The Morgan fingerprint density at radius 2 is 2.05 bits per heavy atom. The van der Waals surface area contributed by atoms with Gasteiger partial charge in [-0.25, -0.2) is 4.79 Å². The number of rotatable bonds is 4. The standard InChI is InChI=1S/C13H16N2O6S/c1-8-5-14(6-9(2)21-8)11(16)7-20-13(17)10-3-4-12(22-10)15(18)19/h3-4,8-9H,5-7H2,1-2H3/t8-,9-/m1/s1. The van der Waals surface area contributed by atoms with Crippen LogP contribution in [0.2, 0.25) is 0 Å². The van der Waals surface area contributed by atoms with E-state index < -0.39 is 10.9 Å². The molecule has 0 spiro atoms. The largest absolute Gasteiger partial charge is 0.451 e. The molecule has 1 aliphatic heterocycles. The first-order valence-corrected chi connectivity index (χ1v) is 7.53. The van der Waals surface area contributed by atoms with Crippen molar-refractivity contribution in [3.05, 3.63) is 27.1 Å². The summed E-state index contributed by atoms with van der Waals surface area (Å²) in [5.74, 6) is -1.04. The van der Waals surface area contributed by atoms with Gasteiger partial charge >= 0.3 is 11.0 Å². The molecule has 0 aromatic carbocycles. The molecular formula is C13H16N2O6S. The number of esters is 1. The highest BCUT2D eigenvalue weighted by molar-refractivity contribution is 7.17. The summed E-state index contributed by atoms with van der Waals surface area (Å²) in [5.41, 5.74) is 0. The van der Waals surface area contributed by atoms with E-state index in [9.17, 15) is 19.7 Å². The number of thiophene rings is 1. The summed E-state index contributed by atoms with van der Waals surface area (Å²) in [7, 11) is 0. The van der Waals surface area contributed by atoms with Crippen molar-refractivity contribution in [2.45, 2.75) is 26.1 Å².